The lowest BCUT2D eigenvalue weighted by atomic mass is 10.0. The fourth-order valence-electron chi connectivity index (χ4n) is 3.08. The summed E-state index contributed by atoms with van der Waals surface area (Å²) < 4.78 is 16.6. The first kappa shape index (κ1) is 23.5. The highest BCUT2D eigenvalue weighted by Gasteiger charge is 2.22. The van der Waals surface area contributed by atoms with Crippen molar-refractivity contribution in [3.63, 3.8) is 0 Å². The summed E-state index contributed by atoms with van der Waals surface area (Å²) in [6.45, 7) is 5.91. The maximum absolute atomic E-state index is 11.6. The Hall–Kier alpha value is -2.77. The first-order valence-corrected chi connectivity index (χ1v) is 10.3. The van der Waals surface area contributed by atoms with Crippen molar-refractivity contribution in [3.05, 3.63) is 23.8 Å². The normalized spacial score (nSPS) is 16.4. The zero-order chi connectivity index (χ0) is 22.1. The van der Waals surface area contributed by atoms with Crippen LogP contribution in [0.2, 0.25) is 0 Å². The van der Waals surface area contributed by atoms with E-state index in [0.29, 0.717) is 19.4 Å². The highest BCUT2D eigenvalue weighted by Crippen LogP contribution is 2.31. The van der Waals surface area contributed by atoms with Gasteiger partial charge in [-0.15, -0.1) is 0 Å². The molecule has 0 aliphatic carbocycles. The van der Waals surface area contributed by atoms with Gasteiger partial charge < -0.3 is 25.1 Å². The van der Waals surface area contributed by atoms with Crippen LogP contribution in [0.15, 0.2) is 23.2 Å². The molecule has 3 N–H and O–H groups in total. The lowest BCUT2D eigenvalue weighted by Crippen LogP contribution is -2.25. The predicted molar refractivity (Wildman–Crippen MR) is 113 cm³/mol. The van der Waals surface area contributed by atoms with Gasteiger partial charge in [0.05, 0.1) is 13.0 Å². The van der Waals surface area contributed by atoms with E-state index in [4.69, 9.17) is 25.1 Å². The summed E-state index contributed by atoms with van der Waals surface area (Å²) in [5, 5.41) is 8.89. The van der Waals surface area contributed by atoms with Gasteiger partial charge >= 0.3 is 12.1 Å². The van der Waals surface area contributed by atoms with Crippen LogP contribution >= 0.6 is 0 Å². The molecule has 0 aromatic heterocycles. The number of nitrogens with zero attached hydrogens (tertiary/aromatic N) is 1. The molecule has 1 aromatic carbocycles. The van der Waals surface area contributed by atoms with Gasteiger partial charge in [-0.05, 0) is 76.6 Å². The molecule has 0 spiro atoms. The average Bonchev–Trinajstić information content (AvgIpc) is 2.62. The van der Waals surface area contributed by atoms with Crippen molar-refractivity contribution < 1.29 is 28.9 Å². The Morgan fingerprint density at radius 1 is 1.27 bits per heavy atom. The SMILES string of the molecule is CC(C)(C)OC(=O)/N=C(\N)CCCCCOc1ccc2c(c1)CCC(CC(=O)O)O2. The van der Waals surface area contributed by atoms with E-state index in [2.05, 4.69) is 4.99 Å². The fourth-order valence-corrected chi connectivity index (χ4v) is 3.08. The van der Waals surface area contributed by atoms with Crippen molar-refractivity contribution >= 4 is 17.9 Å². The van der Waals surface area contributed by atoms with Crippen LogP contribution in [-0.2, 0) is 16.0 Å². The van der Waals surface area contributed by atoms with Crippen LogP contribution in [0.3, 0.4) is 0 Å². The number of amides is 1. The molecule has 30 heavy (non-hydrogen) atoms. The number of carboxylic acid groups (broad SMARTS) is 1. The Morgan fingerprint density at radius 2 is 2.03 bits per heavy atom. The Labute approximate surface area is 177 Å². The third-order valence-corrected chi connectivity index (χ3v) is 4.44. The number of fused-ring (bicyclic) bond motifs is 1. The molecule has 8 heteroatoms. The lowest BCUT2D eigenvalue weighted by Gasteiger charge is -2.25. The first-order chi connectivity index (χ1) is 14.1. The van der Waals surface area contributed by atoms with Crippen LogP contribution < -0.4 is 15.2 Å². The molecule has 0 saturated carbocycles. The molecule has 8 nitrogen and oxygen atoms in total. The van der Waals surface area contributed by atoms with Crippen LogP contribution in [0, 0.1) is 0 Å². The molecule has 1 heterocycles. The highest BCUT2D eigenvalue weighted by atomic mass is 16.6. The summed E-state index contributed by atoms with van der Waals surface area (Å²) in [6, 6.07) is 5.64. The van der Waals surface area contributed by atoms with Crippen molar-refractivity contribution in [2.75, 3.05) is 6.61 Å². The molecule has 1 aromatic rings. The largest absolute Gasteiger partial charge is 0.494 e. The first-order valence-electron chi connectivity index (χ1n) is 10.3. The number of carbonyl (C=O) groups is 2. The van der Waals surface area contributed by atoms with E-state index in [1.807, 2.05) is 18.2 Å². The molecule has 1 aliphatic rings. The highest BCUT2D eigenvalue weighted by molar-refractivity contribution is 5.90. The second kappa shape index (κ2) is 10.8. The lowest BCUT2D eigenvalue weighted by molar-refractivity contribution is -0.139. The van der Waals surface area contributed by atoms with Gasteiger partial charge in [-0.1, -0.05) is 0 Å². The number of amidine groups is 1. The molecule has 1 unspecified atom stereocenters. The molecule has 0 radical (unpaired) electrons. The zero-order valence-electron chi connectivity index (χ0n) is 18.0. The second-order valence-corrected chi connectivity index (χ2v) is 8.39. The monoisotopic (exact) mass is 420 g/mol. The molecule has 0 bridgehead atoms. The van der Waals surface area contributed by atoms with E-state index >= 15 is 0 Å². The number of unbranched alkanes of at least 4 members (excludes halogenated alkanes) is 2. The van der Waals surface area contributed by atoms with Crippen molar-refractivity contribution in [1.29, 1.82) is 0 Å². The van der Waals surface area contributed by atoms with E-state index in [9.17, 15) is 9.59 Å². The maximum Gasteiger partial charge on any atom is 0.435 e. The number of hydrogen-bond donors (Lipinski definition) is 2. The van der Waals surface area contributed by atoms with Crippen molar-refractivity contribution in [1.82, 2.24) is 0 Å². The number of aliphatic carboxylic acids is 1. The second-order valence-electron chi connectivity index (χ2n) is 8.39. The Morgan fingerprint density at radius 3 is 2.73 bits per heavy atom. The van der Waals surface area contributed by atoms with E-state index in [-0.39, 0.29) is 18.4 Å². The third kappa shape index (κ3) is 8.71. The van der Waals surface area contributed by atoms with Crippen LogP contribution in [0.4, 0.5) is 4.79 Å². The number of aliphatic imine (C=N–C) groups is 1. The van der Waals surface area contributed by atoms with Gasteiger partial charge in [-0.25, -0.2) is 4.79 Å². The fraction of sp³-hybridized carbons (Fsp3) is 0.591. The number of carbonyl (C=O) groups excluding carboxylic acids is 1. The van der Waals surface area contributed by atoms with Gasteiger partial charge in [0.2, 0.25) is 0 Å². The summed E-state index contributed by atoms with van der Waals surface area (Å²) in [5.41, 5.74) is 6.23. The van der Waals surface area contributed by atoms with Crippen LogP contribution in [0.25, 0.3) is 0 Å². The molecule has 0 saturated heterocycles. The van der Waals surface area contributed by atoms with Gasteiger partial charge in [-0.3, -0.25) is 4.79 Å². The minimum Gasteiger partial charge on any atom is -0.494 e. The summed E-state index contributed by atoms with van der Waals surface area (Å²) in [6.07, 6.45) is 3.66. The van der Waals surface area contributed by atoms with E-state index in [1.54, 1.807) is 20.8 Å². The van der Waals surface area contributed by atoms with Crippen LogP contribution in [-0.4, -0.2) is 41.3 Å². The van der Waals surface area contributed by atoms with Gasteiger partial charge in [0.15, 0.2) is 0 Å². The smallest absolute Gasteiger partial charge is 0.435 e. The average molecular weight is 421 g/mol. The quantitative estimate of drug-likeness (QED) is 0.351. The zero-order valence-corrected chi connectivity index (χ0v) is 18.0. The van der Waals surface area contributed by atoms with Crippen LogP contribution in [0.1, 0.15) is 64.9 Å². The minimum absolute atomic E-state index is 0.0185. The summed E-state index contributed by atoms with van der Waals surface area (Å²) in [4.78, 5) is 26.2. The van der Waals surface area contributed by atoms with Gasteiger partial charge in [-0.2, -0.15) is 4.99 Å². The molecule has 166 valence electrons. The molecular weight excluding hydrogens is 388 g/mol. The number of ether oxygens (including phenoxy) is 3. The Bertz CT molecular complexity index is 769. The van der Waals surface area contributed by atoms with E-state index < -0.39 is 17.7 Å². The number of rotatable bonds is 9. The molecule has 1 atom stereocenters. The Kier molecular flexibility index (Phi) is 8.50. The van der Waals surface area contributed by atoms with E-state index in [1.165, 1.54) is 0 Å². The number of carboxylic acids is 1. The van der Waals surface area contributed by atoms with Crippen LogP contribution in [0.5, 0.6) is 11.5 Å². The summed E-state index contributed by atoms with van der Waals surface area (Å²) >= 11 is 0. The number of nitrogens with two attached hydrogens (primary N) is 1. The number of hydrogen-bond acceptors (Lipinski definition) is 5. The molecule has 0 fully saturated rings. The molecular formula is C22H32N2O6. The number of benzene rings is 1. The summed E-state index contributed by atoms with van der Waals surface area (Å²) in [7, 11) is 0. The summed E-state index contributed by atoms with van der Waals surface area (Å²) in [5.74, 6) is 0.946. The van der Waals surface area contributed by atoms with Gasteiger partial charge in [0.25, 0.3) is 0 Å². The predicted octanol–water partition coefficient (Wildman–Crippen LogP) is 4.09. The topological polar surface area (TPSA) is 120 Å². The minimum atomic E-state index is -0.846. The third-order valence-electron chi connectivity index (χ3n) is 4.44. The molecule has 1 aliphatic heterocycles. The van der Waals surface area contributed by atoms with Crippen molar-refractivity contribution in [2.24, 2.45) is 10.7 Å². The Balaban J connectivity index is 1.66. The van der Waals surface area contributed by atoms with Crippen molar-refractivity contribution in [2.45, 2.75) is 77.4 Å². The molecule has 1 amide bonds. The van der Waals surface area contributed by atoms with Gasteiger partial charge in [0, 0.05) is 6.42 Å². The maximum atomic E-state index is 11.6. The van der Waals surface area contributed by atoms with E-state index in [0.717, 1.165) is 42.7 Å². The van der Waals surface area contributed by atoms with Gasteiger partial charge in [0.1, 0.15) is 29.0 Å². The van der Waals surface area contributed by atoms with Crippen molar-refractivity contribution in [3.8, 4) is 11.5 Å². The standard InChI is InChI=1S/C22H32N2O6/c1-22(2,3)30-21(27)24-19(23)7-5-4-6-12-28-16-10-11-18-15(13-16)8-9-17(29-18)14-20(25)26/h10-11,13,17H,4-9,12,14H2,1-3H3,(H,25,26)(H2,23,24,27). The number of aryl methyl sites for hydroxylation is 1. The molecule has 2 rings (SSSR count).